The van der Waals surface area contributed by atoms with Crippen LogP contribution in [-0.2, 0) is 48.6 Å². The monoisotopic (exact) mass is 689 g/mol. The average Bonchev–Trinajstić information content (AvgIpc) is 3.68. The molecule has 2 aromatic heterocycles. The summed E-state index contributed by atoms with van der Waals surface area (Å²) in [6.45, 7) is 8.11. The molecule has 14 nitrogen and oxygen atoms in total. The van der Waals surface area contributed by atoms with E-state index in [0.717, 1.165) is 30.3 Å². The Hall–Kier alpha value is -2.16. The lowest BCUT2D eigenvalue weighted by atomic mass is 9.98. The van der Waals surface area contributed by atoms with E-state index in [-0.39, 0.29) is 11.9 Å². The molecule has 0 aromatic carbocycles. The first-order chi connectivity index (χ1) is 21.5. The van der Waals surface area contributed by atoms with Gasteiger partial charge in [0.25, 0.3) is 0 Å². The number of esters is 2. The summed E-state index contributed by atoms with van der Waals surface area (Å²) in [5, 5.41) is 22.6. The van der Waals surface area contributed by atoms with Gasteiger partial charge in [-0.05, 0) is 71.5 Å². The van der Waals surface area contributed by atoms with Crippen molar-refractivity contribution in [2.75, 3.05) is 26.5 Å². The van der Waals surface area contributed by atoms with Gasteiger partial charge in [0.1, 0.15) is 30.3 Å². The van der Waals surface area contributed by atoms with Crippen molar-refractivity contribution in [2.45, 2.75) is 98.2 Å². The van der Waals surface area contributed by atoms with E-state index in [1.165, 1.54) is 12.8 Å². The Morgan fingerprint density at radius 2 is 1.59 bits per heavy atom. The molecule has 2 aromatic rings. The van der Waals surface area contributed by atoms with Gasteiger partial charge in [-0.3, -0.25) is 23.2 Å². The largest absolute Gasteiger partial charge is 0.438 e. The maximum Gasteiger partial charge on any atom is 0.361 e. The maximum atomic E-state index is 13.4. The van der Waals surface area contributed by atoms with Gasteiger partial charge >= 0.3 is 19.5 Å². The molecule has 46 heavy (non-hydrogen) atoms. The fraction of sp³-hybridized carbons (Fsp3) is 0.733. The van der Waals surface area contributed by atoms with Crippen LogP contribution >= 0.6 is 19.2 Å². The maximum absolute atomic E-state index is 13.4. The first kappa shape index (κ1) is 36.7. The van der Waals surface area contributed by atoms with E-state index in [9.17, 15) is 24.4 Å². The lowest BCUT2D eigenvalue weighted by molar-refractivity contribution is -0.162. The molecule has 0 unspecified atom stereocenters. The van der Waals surface area contributed by atoms with Crippen molar-refractivity contribution >= 4 is 42.2 Å². The smallest absolute Gasteiger partial charge is 0.361 e. The van der Waals surface area contributed by atoms with Gasteiger partial charge in [0.2, 0.25) is 18.9 Å². The van der Waals surface area contributed by atoms with Gasteiger partial charge < -0.3 is 33.7 Å². The highest BCUT2D eigenvalue weighted by Gasteiger charge is 2.45. The molecular weight excluding hydrogens is 645 g/mol. The molecule has 4 atom stereocenters. The lowest BCUT2D eigenvalue weighted by Crippen LogP contribution is -2.34. The molecule has 1 saturated carbocycles. The van der Waals surface area contributed by atoms with E-state index >= 15 is 0 Å². The Balaban J connectivity index is 1.40. The Kier molecular flexibility index (Phi) is 11.9. The summed E-state index contributed by atoms with van der Waals surface area (Å²) >= 11 is 6.29. The molecule has 3 heterocycles. The average molecular weight is 690 g/mol. The van der Waals surface area contributed by atoms with Gasteiger partial charge in [0.05, 0.1) is 23.1 Å². The van der Waals surface area contributed by atoms with Gasteiger partial charge in [0, 0.05) is 11.6 Å². The number of hydrogen-bond donors (Lipinski definition) is 2. The molecule has 4 rings (SSSR count). The predicted octanol–water partition coefficient (Wildman–Crippen LogP) is 4.73. The number of hydrogen-bond acceptors (Lipinski definition) is 13. The topological polar surface area (TPSA) is 178 Å². The highest BCUT2D eigenvalue weighted by molar-refractivity contribution is 7.53. The van der Waals surface area contributed by atoms with Crippen LogP contribution in [0.1, 0.15) is 79.1 Å². The van der Waals surface area contributed by atoms with Crippen LogP contribution in [0.3, 0.4) is 0 Å². The molecule has 16 heteroatoms. The summed E-state index contributed by atoms with van der Waals surface area (Å²) in [5.74, 6) is -0.679. The second-order valence-electron chi connectivity index (χ2n) is 13.8. The fourth-order valence-corrected chi connectivity index (χ4v) is 6.32. The summed E-state index contributed by atoms with van der Waals surface area (Å²) < 4.78 is 47.2. The normalized spacial score (nSPS) is 22.9. The number of ether oxygens (including phenoxy) is 4. The van der Waals surface area contributed by atoms with E-state index in [2.05, 4.69) is 9.97 Å². The van der Waals surface area contributed by atoms with Crippen LogP contribution in [-0.4, -0.2) is 81.5 Å². The predicted molar refractivity (Wildman–Crippen MR) is 166 cm³/mol. The lowest BCUT2D eigenvalue weighted by Gasteiger charge is -2.22. The zero-order valence-electron chi connectivity index (χ0n) is 27.1. The SMILES string of the molecule is CC(C)(C)C(=O)OCOP(=O)(COC[C@H]1O[C@@H](n2ccc3c(CC4CCCC4)nc(Cl)nc32)[C@H](O)[C@@H]1O)OCOC(=O)C(C)(C)C. The van der Waals surface area contributed by atoms with Gasteiger partial charge in [0.15, 0.2) is 6.23 Å². The van der Waals surface area contributed by atoms with Gasteiger partial charge in [-0.25, -0.2) is 4.98 Å². The molecule has 1 saturated heterocycles. The molecule has 0 spiro atoms. The van der Waals surface area contributed by atoms with E-state index in [4.69, 9.17) is 39.6 Å². The quantitative estimate of drug-likeness (QED) is 0.128. The molecule has 1 aliphatic carbocycles. The van der Waals surface area contributed by atoms with Crippen LogP contribution in [0.2, 0.25) is 5.28 Å². The number of fused-ring (bicyclic) bond motifs is 1. The first-order valence-electron chi connectivity index (χ1n) is 15.3. The highest BCUT2D eigenvalue weighted by Crippen LogP contribution is 2.48. The summed E-state index contributed by atoms with van der Waals surface area (Å²) in [6, 6.07) is 1.84. The van der Waals surface area contributed by atoms with E-state index < -0.39 is 74.8 Å². The van der Waals surface area contributed by atoms with Crippen LogP contribution in [0, 0.1) is 16.7 Å². The molecule has 2 fully saturated rings. The number of carbonyl (C=O) groups excluding carboxylic acids is 2. The highest BCUT2D eigenvalue weighted by atomic mass is 35.5. The molecule has 1 aliphatic heterocycles. The Bertz CT molecular complexity index is 1380. The van der Waals surface area contributed by atoms with Crippen molar-refractivity contribution in [3.05, 3.63) is 23.2 Å². The molecule has 0 bridgehead atoms. The first-order valence-corrected chi connectivity index (χ1v) is 17.4. The minimum absolute atomic E-state index is 0.0745. The minimum atomic E-state index is -4.16. The molecule has 0 radical (unpaired) electrons. The summed E-state index contributed by atoms with van der Waals surface area (Å²) in [7, 11) is -4.16. The van der Waals surface area contributed by atoms with E-state index in [1.54, 1.807) is 52.3 Å². The van der Waals surface area contributed by atoms with Crippen molar-refractivity contribution in [3.8, 4) is 0 Å². The molecular formula is C30H45ClN3O11P. The minimum Gasteiger partial charge on any atom is -0.438 e. The van der Waals surface area contributed by atoms with Crippen LogP contribution < -0.4 is 0 Å². The molecule has 2 aliphatic rings. The Morgan fingerprint density at radius 1 is 1.00 bits per heavy atom. The number of aliphatic hydroxyl groups excluding tert-OH is 2. The van der Waals surface area contributed by atoms with Crippen molar-refractivity contribution in [1.82, 2.24) is 14.5 Å². The fourth-order valence-electron chi connectivity index (χ4n) is 5.16. The number of nitrogens with zero attached hydrogens (tertiary/aromatic N) is 3. The summed E-state index contributed by atoms with van der Waals surface area (Å²) in [6.07, 6.45) is 1.66. The molecule has 0 amide bonds. The van der Waals surface area contributed by atoms with Crippen molar-refractivity contribution in [2.24, 2.45) is 16.7 Å². The van der Waals surface area contributed by atoms with Crippen LogP contribution in [0.4, 0.5) is 0 Å². The number of carbonyl (C=O) groups is 2. The van der Waals surface area contributed by atoms with E-state index in [1.807, 2.05) is 6.07 Å². The Morgan fingerprint density at radius 3 is 2.15 bits per heavy atom. The summed E-state index contributed by atoms with van der Waals surface area (Å²) in [4.78, 5) is 33.1. The van der Waals surface area contributed by atoms with Crippen LogP contribution in [0.15, 0.2) is 12.3 Å². The zero-order valence-corrected chi connectivity index (χ0v) is 28.8. The standard InChI is InChI=1S/C30H45ClN3O11P/c1-29(2,3)26(37)41-15-43-46(39,44-16-42-27(38)30(4,5)6)17-40-14-21-22(35)23(36)25(45-21)34-12-11-19-20(13-18-9-7-8-10-18)32-28(31)33-24(19)34/h11-12,18,21-23,25,35-36H,7-10,13-17H2,1-6H3/t21-,22-,23-,25-/m1/s1. The number of aliphatic hydroxyl groups is 2. The molecule has 2 N–H and O–H groups in total. The third-order valence-electron chi connectivity index (χ3n) is 7.83. The van der Waals surface area contributed by atoms with Crippen LogP contribution in [0.25, 0.3) is 11.0 Å². The third kappa shape index (κ3) is 9.25. The summed E-state index contributed by atoms with van der Waals surface area (Å²) in [5.41, 5.74) is -0.377. The van der Waals surface area contributed by atoms with Gasteiger partial charge in [-0.15, -0.1) is 0 Å². The number of aromatic nitrogens is 3. The molecule has 258 valence electrons. The van der Waals surface area contributed by atoms with Gasteiger partial charge in [-0.1, -0.05) is 25.7 Å². The van der Waals surface area contributed by atoms with Crippen molar-refractivity contribution < 1.29 is 52.4 Å². The van der Waals surface area contributed by atoms with Crippen molar-refractivity contribution in [3.63, 3.8) is 0 Å². The van der Waals surface area contributed by atoms with Crippen LogP contribution in [0.5, 0.6) is 0 Å². The Labute approximate surface area is 273 Å². The second kappa shape index (κ2) is 14.9. The second-order valence-corrected chi connectivity index (χ2v) is 16.1. The van der Waals surface area contributed by atoms with E-state index in [0.29, 0.717) is 11.6 Å². The van der Waals surface area contributed by atoms with Gasteiger partial charge in [-0.2, -0.15) is 4.98 Å². The number of halogens is 1. The third-order valence-corrected chi connectivity index (χ3v) is 9.49. The number of rotatable bonds is 13. The zero-order chi connectivity index (χ0) is 33.9. The van der Waals surface area contributed by atoms with Crippen molar-refractivity contribution in [1.29, 1.82) is 0 Å².